The molecular weight excluding hydrogens is 453 g/mol. The van der Waals surface area contributed by atoms with Gasteiger partial charge in [0.05, 0.1) is 26.9 Å². The Kier molecular flexibility index (Phi) is 6.48. The van der Waals surface area contributed by atoms with Gasteiger partial charge in [-0.15, -0.1) is 10.2 Å². The van der Waals surface area contributed by atoms with Gasteiger partial charge in [0.1, 0.15) is 5.82 Å². The minimum absolute atomic E-state index is 0.109. The van der Waals surface area contributed by atoms with E-state index in [0.717, 1.165) is 18.9 Å². The zero-order valence-electron chi connectivity index (χ0n) is 17.5. The van der Waals surface area contributed by atoms with E-state index in [1.807, 2.05) is 22.6 Å². The predicted octanol–water partition coefficient (Wildman–Crippen LogP) is 4.76. The Balaban J connectivity index is 1.69. The third-order valence-corrected chi connectivity index (χ3v) is 6.41. The molecule has 1 unspecified atom stereocenters. The molecule has 0 spiro atoms. The first-order valence-corrected chi connectivity index (χ1v) is 11.5. The maximum Gasteiger partial charge on any atom is 0.262 e. The Hall–Kier alpha value is -2.91. The highest BCUT2D eigenvalue weighted by Crippen LogP contribution is 2.27. The largest absolute Gasteiger partial charge is 0.324 e. The summed E-state index contributed by atoms with van der Waals surface area (Å²) >= 11 is 7.23. The van der Waals surface area contributed by atoms with Crippen LogP contribution in [-0.4, -0.2) is 30.3 Å². The van der Waals surface area contributed by atoms with Crippen molar-refractivity contribution < 1.29 is 9.18 Å². The van der Waals surface area contributed by atoms with Crippen LogP contribution in [0.4, 0.5) is 10.1 Å². The number of benzene rings is 2. The lowest BCUT2D eigenvalue weighted by Crippen LogP contribution is -2.24. The van der Waals surface area contributed by atoms with Crippen LogP contribution in [0.5, 0.6) is 0 Å². The molecule has 1 atom stereocenters. The van der Waals surface area contributed by atoms with Crippen molar-refractivity contribution in [3.8, 4) is 0 Å². The lowest BCUT2D eigenvalue weighted by atomic mass is 10.2. The zero-order valence-corrected chi connectivity index (χ0v) is 19.1. The van der Waals surface area contributed by atoms with Crippen LogP contribution < -0.4 is 10.9 Å². The van der Waals surface area contributed by atoms with Gasteiger partial charge in [0.2, 0.25) is 11.7 Å². The summed E-state index contributed by atoms with van der Waals surface area (Å²) in [6.45, 7) is 4.32. The summed E-state index contributed by atoms with van der Waals surface area (Å²) in [5.74, 6) is -0.353. The summed E-state index contributed by atoms with van der Waals surface area (Å²) in [7, 11) is 0. The molecule has 2 aromatic heterocycles. The molecule has 7 nitrogen and oxygen atoms in total. The summed E-state index contributed by atoms with van der Waals surface area (Å²) in [5.41, 5.74) is 0.902. The molecule has 2 aromatic carbocycles. The van der Waals surface area contributed by atoms with Crippen molar-refractivity contribution in [3.05, 3.63) is 63.7 Å². The highest BCUT2D eigenvalue weighted by atomic mass is 35.5. The number of para-hydroxylation sites is 1. The molecule has 0 radical (unpaired) electrons. The average Bonchev–Trinajstić information content (AvgIpc) is 3.19. The molecule has 0 bridgehead atoms. The number of nitrogens with zero attached hydrogens (tertiary/aromatic N) is 4. The highest BCUT2D eigenvalue weighted by molar-refractivity contribution is 8.00. The van der Waals surface area contributed by atoms with E-state index in [1.54, 1.807) is 17.6 Å². The fourth-order valence-corrected chi connectivity index (χ4v) is 4.43. The predicted molar refractivity (Wildman–Crippen MR) is 125 cm³/mol. The number of aryl methyl sites for hydroxylation is 1. The third-order valence-electron chi connectivity index (χ3n) is 5.05. The Morgan fingerprint density at radius 3 is 2.78 bits per heavy atom. The van der Waals surface area contributed by atoms with Gasteiger partial charge in [0, 0.05) is 6.54 Å². The number of anilines is 1. The van der Waals surface area contributed by atoms with Crippen molar-refractivity contribution in [1.82, 2.24) is 19.2 Å². The Morgan fingerprint density at radius 2 is 2.03 bits per heavy atom. The van der Waals surface area contributed by atoms with Gasteiger partial charge in [-0.3, -0.25) is 18.6 Å². The molecule has 0 fully saturated rings. The molecule has 0 aliphatic heterocycles. The Morgan fingerprint density at radius 1 is 1.25 bits per heavy atom. The van der Waals surface area contributed by atoms with Crippen LogP contribution in [0.3, 0.4) is 0 Å². The second-order valence-electron chi connectivity index (χ2n) is 7.32. The summed E-state index contributed by atoms with van der Waals surface area (Å²) in [6, 6.07) is 11.1. The summed E-state index contributed by atoms with van der Waals surface area (Å²) in [6.07, 6.45) is 1.77. The lowest BCUT2D eigenvalue weighted by Gasteiger charge is -2.13. The quantitative estimate of drug-likeness (QED) is 0.391. The van der Waals surface area contributed by atoms with E-state index in [-0.39, 0.29) is 16.5 Å². The SMILES string of the molecule is CCCCn1c(=O)c2ccccc2n2c(SC(C)C(=O)Nc3ccc(F)cc3Cl)nnc12. The minimum atomic E-state index is -0.557. The normalized spacial score (nSPS) is 12.4. The van der Waals surface area contributed by atoms with Crippen molar-refractivity contribution in [1.29, 1.82) is 0 Å². The van der Waals surface area contributed by atoms with E-state index < -0.39 is 11.1 Å². The fraction of sp³-hybridized carbons (Fsp3) is 0.273. The van der Waals surface area contributed by atoms with Crippen molar-refractivity contribution in [2.45, 2.75) is 43.6 Å². The van der Waals surface area contributed by atoms with Crippen molar-refractivity contribution in [3.63, 3.8) is 0 Å². The first-order valence-electron chi connectivity index (χ1n) is 10.2. The smallest absolute Gasteiger partial charge is 0.262 e. The molecule has 166 valence electrons. The van der Waals surface area contributed by atoms with Crippen LogP contribution >= 0.6 is 23.4 Å². The van der Waals surface area contributed by atoms with Gasteiger partial charge < -0.3 is 5.32 Å². The van der Waals surface area contributed by atoms with Crippen LogP contribution in [0.25, 0.3) is 16.7 Å². The molecule has 0 aliphatic rings. The van der Waals surface area contributed by atoms with Crippen molar-refractivity contribution >= 4 is 51.6 Å². The van der Waals surface area contributed by atoms with Crippen LogP contribution in [-0.2, 0) is 11.3 Å². The second-order valence-corrected chi connectivity index (χ2v) is 9.03. The van der Waals surface area contributed by atoms with E-state index in [4.69, 9.17) is 11.6 Å². The third kappa shape index (κ3) is 4.22. The van der Waals surface area contributed by atoms with Gasteiger partial charge >= 0.3 is 0 Å². The van der Waals surface area contributed by atoms with E-state index in [0.29, 0.717) is 34.1 Å². The topological polar surface area (TPSA) is 81.3 Å². The van der Waals surface area contributed by atoms with Gasteiger partial charge in [0.25, 0.3) is 5.56 Å². The lowest BCUT2D eigenvalue weighted by molar-refractivity contribution is -0.115. The van der Waals surface area contributed by atoms with Crippen molar-refractivity contribution in [2.24, 2.45) is 0 Å². The van der Waals surface area contributed by atoms with Gasteiger partial charge in [-0.2, -0.15) is 0 Å². The summed E-state index contributed by atoms with van der Waals surface area (Å²) in [5, 5.41) is 11.9. The minimum Gasteiger partial charge on any atom is -0.324 e. The number of amides is 1. The van der Waals surface area contributed by atoms with Gasteiger partial charge in [-0.05, 0) is 43.7 Å². The number of fused-ring (bicyclic) bond motifs is 3. The number of carbonyl (C=O) groups is 1. The second kappa shape index (κ2) is 9.30. The zero-order chi connectivity index (χ0) is 22.8. The van der Waals surface area contributed by atoms with E-state index in [1.165, 1.54) is 23.9 Å². The van der Waals surface area contributed by atoms with Crippen LogP contribution in [0, 0.1) is 5.82 Å². The van der Waals surface area contributed by atoms with Gasteiger partial charge in [0.15, 0.2) is 5.16 Å². The van der Waals surface area contributed by atoms with E-state index >= 15 is 0 Å². The molecule has 4 aromatic rings. The molecular formula is C22H21ClFN5O2S. The average molecular weight is 474 g/mol. The fourth-order valence-electron chi connectivity index (χ4n) is 3.36. The number of halogens is 2. The molecule has 0 saturated carbocycles. The Bertz CT molecular complexity index is 1370. The standard InChI is InChI=1S/C22H21ClFN5O2S/c1-3-4-11-28-20(31)15-7-5-6-8-18(15)29-21(28)26-27-22(29)32-13(2)19(30)25-17-10-9-14(24)12-16(17)23/h5-10,12-13H,3-4,11H2,1-2H3,(H,25,30). The van der Waals surface area contributed by atoms with Gasteiger partial charge in [-0.25, -0.2) is 4.39 Å². The van der Waals surface area contributed by atoms with Crippen molar-refractivity contribution in [2.75, 3.05) is 5.32 Å². The molecule has 32 heavy (non-hydrogen) atoms. The molecule has 10 heteroatoms. The number of hydrogen-bond donors (Lipinski definition) is 1. The van der Waals surface area contributed by atoms with Gasteiger partial charge in [-0.1, -0.05) is 48.8 Å². The van der Waals surface area contributed by atoms with E-state index in [2.05, 4.69) is 22.4 Å². The number of rotatable bonds is 7. The molecule has 1 amide bonds. The molecule has 4 rings (SSSR count). The van der Waals surface area contributed by atoms with Crippen LogP contribution in [0.2, 0.25) is 5.02 Å². The molecule has 1 N–H and O–H groups in total. The summed E-state index contributed by atoms with van der Waals surface area (Å²) in [4.78, 5) is 25.8. The maximum atomic E-state index is 13.3. The molecule has 2 heterocycles. The molecule has 0 aliphatic carbocycles. The van der Waals surface area contributed by atoms with Crippen LogP contribution in [0.1, 0.15) is 26.7 Å². The number of carbonyl (C=O) groups excluding carboxylic acids is 1. The Labute approximate surface area is 192 Å². The first-order chi connectivity index (χ1) is 15.4. The van der Waals surface area contributed by atoms with Crippen LogP contribution in [0.15, 0.2) is 52.4 Å². The van der Waals surface area contributed by atoms with E-state index in [9.17, 15) is 14.0 Å². The monoisotopic (exact) mass is 473 g/mol. The number of aromatic nitrogens is 4. The number of unbranched alkanes of at least 4 members (excludes halogenated alkanes) is 1. The number of thioether (sulfide) groups is 1. The first kappa shape index (κ1) is 22.3. The summed E-state index contributed by atoms with van der Waals surface area (Å²) < 4.78 is 16.7. The number of nitrogens with one attached hydrogen (secondary N) is 1. The highest BCUT2D eigenvalue weighted by Gasteiger charge is 2.22. The maximum absolute atomic E-state index is 13.3. The molecule has 0 saturated heterocycles. The number of hydrogen-bond acceptors (Lipinski definition) is 5.